The third kappa shape index (κ3) is 4.37. The molecule has 10 nitrogen and oxygen atoms in total. The Balaban J connectivity index is 1.52. The number of nitrogens with one attached hydrogen (secondary N) is 1. The smallest absolute Gasteiger partial charge is 0.263 e. The normalized spacial score (nSPS) is 13.7. The summed E-state index contributed by atoms with van der Waals surface area (Å²) in [6, 6.07) is 9.68. The molecule has 4 heterocycles. The molecule has 0 bridgehead atoms. The molecule has 3 aromatic heterocycles. The van der Waals surface area contributed by atoms with E-state index in [2.05, 4.69) is 10.3 Å². The Labute approximate surface area is 208 Å². The molecular weight excluding hydrogens is 480 g/mol. The number of rotatable bonds is 5. The number of hydrogen-bond acceptors (Lipinski definition) is 7. The Morgan fingerprint density at radius 3 is 2.56 bits per heavy atom. The van der Waals surface area contributed by atoms with Gasteiger partial charge in [0.25, 0.3) is 11.5 Å². The SMILES string of the molecule is CC(C)Nc1nc2c(c(=O)n1-c1ccc(S(C)(=O)=O)cc1)CCN(C(=O)c1ccc3nccn3c1)C2. The van der Waals surface area contributed by atoms with Gasteiger partial charge in [0.05, 0.1) is 28.4 Å². The highest BCUT2D eigenvalue weighted by molar-refractivity contribution is 7.90. The van der Waals surface area contributed by atoms with Crippen LogP contribution in [0.5, 0.6) is 0 Å². The second-order valence-electron chi connectivity index (χ2n) is 9.15. The molecule has 0 radical (unpaired) electrons. The number of carbonyl (C=O) groups excluding carboxylic acids is 1. The molecule has 0 fully saturated rings. The summed E-state index contributed by atoms with van der Waals surface area (Å²) in [5.41, 5.74) is 2.66. The molecule has 1 N–H and O–H groups in total. The van der Waals surface area contributed by atoms with Crippen LogP contribution in [0, 0.1) is 0 Å². The minimum Gasteiger partial charge on any atom is -0.353 e. The van der Waals surface area contributed by atoms with Crippen molar-refractivity contribution < 1.29 is 13.2 Å². The Bertz CT molecular complexity index is 1640. The van der Waals surface area contributed by atoms with Crippen molar-refractivity contribution in [3.63, 3.8) is 0 Å². The van der Waals surface area contributed by atoms with E-state index in [1.807, 2.05) is 13.8 Å². The first-order valence-electron chi connectivity index (χ1n) is 11.6. The van der Waals surface area contributed by atoms with Crippen molar-refractivity contribution >= 4 is 27.3 Å². The van der Waals surface area contributed by atoms with Crippen LogP contribution >= 0.6 is 0 Å². The average molecular weight is 507 g/mol. The molecule has 0 spiro atoms. The van der Waals surface area contributed by atoms with Gasteiger partial charge in [-0.25, -0.2) is 23.0 Å². The minimum atomic E-state index is -3.36. The number of aromatic nitrogens is 4. The number of anilines is 1. The lowest BCUT2D eigenvalue weighted by Crippen LogP contribution is -2.41. The number of amides is 1. The fraction of sp³-hybridized carbons (Fsp3) is 0.280. The number of hydrogen-bond donors (Lipinski definition) is 1. The van der Waals surface area contributed by atoms with Crippen molar-refractivity contribution in [1.82, 2.24) is 23.8 Å². The van der Waals surface area contributed by atoms with Gasteiger partial charge in [-0.15, -0.1) is 0 Å². The third-order valence-corrected chi connectivity index (χ3v) is 7.23. The van der Waals surface area contributed by atoms with Gasteiger partial charge in [0.15, 0.2) is 9.84 Å². The molecule has 1 aliphatic rings. The summed E-state index contributed by atoms with van der Waals surface area (Å²) in [4.78, 5) is 37.7. The maximum absolute atomic E-state index is 13.6. The van der Waals surface area contributed by atoms with Gasteiger partial charge < -0.3 is 14.6 Å². The van der Waals surface area contributed by atoms with E-state index in [1.54, 1.807) is 52.2 Å². The van der Waals surface area contributed by atoms with Crippen LogP contribution in [0.25, 0.3) is 11.3 Å². The Morgan fingerprint density at radius 1 is 1.11 bits per heavy atom. The van der Waals surface area contributed by atoms with E-state index in [9.17, 15) is 18.0 Å². The molecule has 4 aromatic rings. The molecule has 0 atom stereocenters. The third-order valence-electron chi connectivity index (χ3n) is 6.10. The van der Waals surface area contributed by atoms with Crippen molar-refractivity contribution in [2.75, 3.05) is 18.1 Å². The first-order valence-corrected chi connectivity index (χ1v) is 13.4. The summed E-state index contributed by atoms with van der Waals surface area (Å²) in [5.74, 6) is 0.201. The van der Waals surface area contributed by atoms with E-state index in [-0.39, 0.29) is 28.9 Å². The molecule has 0 aliphatic carbocycles. The summed E-state index contributed by atoms with van der Waals surface area (Å²) < 4.78 is 27.0. The highest BCUT2D eigenvalue weighted by Gasteiger charge is 2.27. The monoisotopic (exact) mass is 506 g/mol. The largest absolute Gasteiger partial charge is 0.353 e. The van der Waals surface area contributed by atoms with Crippen molar-refractivity contribution in [1.29, 1.82) is 0 Å². The van der Waals surface area contributed by atoms with Gasteiger partial charge in [-0.05, 0) is 56.7 Å². The zero-order valence-electron chi connectivity index (χ0n) is 20.2. The highest BCUT2D eigenvalue weighted by atomic mass is 32.2. The van der Waals surface area contributed by atoms with Crippen LogP contribution in [-0.4, -0.2) is 57.0 Å². The number of pyridine rings is 1. The summed E-state index contributed by atoms with van der Waals surface area (Å²) in [6.45, 7) is 4.47. The standard InChI is InChI=1S/C25H26N6O4S/c1-16(2)27-25-28-21-15-30(23(32)17-4-9-22-26-11-13-29(22)14-17)12-10-20(21)24(33)31(25)18-5-7-19(8-6-18)36(3,34)35/h4-9,11,13-14,16H,10,12,15H2,1-3H3,(H,27,28). The lowest BCUT2D eigenvalue weighted by atomic mass is 10.1. The van der Waals surface area contributed by atoms with Crippen LogP contribution in [0.3, 0.4) is 0 Å². The predicted octanol–water partition coefficient (Wildman–Crippen LogP) is 2.30. The van der Waals surface area contributed by atoms with Gasteiger partial charge in [0.1, 0.15) is 5.65 Å². The van der Waals surface area contributed by atoms with Crippen molar-refractivity contribution in [2.45, 2.75) is 37.8 Å². The Kier molecular flexibility index (Phi) is 5.87. The number of benzene rings is 1. The van der Waals surface area contributed by atoms with Gasteiger partial charge in [0.2, 0.25) is 5.95 Å². The summed E-state index contributed by atoms with van der Waals surface area (Å²) >= 11 is 0. The van der Waals surface area contributed by atoms with Gasteiger partial charge in [-0.3, -0.25) is 9.59 Å². The highest BCUT2D eigenvalue weighted by Crippen LogP contribution is 2.22. The second kappa shape index (κ2) is 8.90. The van der Waals surface area contributed by atoms with E-state index in [1.165, 1.54) is 16.7 Å². The zero-order valence-corrected chi connectivity index (χ0v) is 21.0. The predicted molar refractivity (Wildman–Crippen MR) is 135 cm³/mol. The van der Waals surface area contributed by atoms with Crippen LogP contribution in [-0.2, 0) is 22.8 Å². The summed E-state index contributed by atoms with van der Waals surface area (Å²) in [5, 5.41) is 3.22. The van der Waals surface area contributed by atoms with E-state index in [4.69, 9.17) is 4.98 Å². The molecule has 0 saturated carbocycles. The minimum absolute atomic E-state index is 0.0141. The van der Waals surface area contributed by atoms with E-state index >= 15 is 0 Å². The maximum Gasteiger partial charge on any atom is 0.263 e. The van der Waals surface area contributed by atoms with Crippen molar-refractivity contribution in [3.05, 3.63) is 82.2 Å². The molecule has 5 rings (SSSR count). The van der Waals surface area contributed by atoms with Gasteiger partial charge in [0, 0.05) is 43.0 Å². The first kappa shape index (κ1) is 23.7. The number of fused-ring (bicyclic) bond motifs is 2. The van der Waals surface area contributed by atoms with Gasteiger partial charge in [-0.1, -0.05) is 0 Å². The molecule has 0 saturated heterocycles. The molecule has 36 heavy (non-hydrogen) atoms. The fourth-order valence-corrected chi connectivity index (χ4v) is 4.96. The summed E-state index contributed by atoms with van der Waals surface area (Å²) in [6.07, 6.45) is 6.71. The summed E-state index contributed by atoms with van der Waals surface area (Å²) in [7, 11) is -3.36. The van der Waals surface area contributed by atoms with Crippen molar-refractivity contribution in [3.8, 4) is 5.69 Å². The zero-order chi connectivity index (χ0) is 25.6. The number of nitrogens with zero attached hydrogens (tertiary/aromatic N) is 5. The van der Waals surface area contributed by atoms with E-state index < -0.39 is 9.84 Å². The van der Waals surface area contributed by atoms with Gasteiger partial charge >= 0.3 is 0 Å². The first-order chi connectivity index (χ1) is 17.1. The molecule has 11 heteroatoms. The Morgan fingerprint density at radius 2 is 1.86 bits per heavy atom. The number of carbonyl (C=O) groups is 1. The fourth-order valence-electron chi connectivity index (χ4n) is 4.33. The molecule has 1 aromatic carbocycles. The number of sulfone groups is 1. The Hall–Kier alpha value is -3.99. The molecule has 1 aliphatic heterocycles. The van der Waals surface area contributed by atoms with Crippen molar-refractivity contribution in [2.24, 2.45) is 0 Å². The van der Waals surface area contributed by atoms with E-state index in [0.29, 0.717) is 41.4 Å². The molecule has 1 amide bonds. The second-order valence-corrected chi connectivity index (χ2v) is 11.2. The van der Waals surface area contributed by atoms with Crippen LogP contribution < -0.4 is 10.9 Å². The van der Waals surface area contributed by atoms with E-state index in [0.717, 1.165) is 11.9 Å². The van der Waals surface area contributed by atoms with Crippen LogP contribution in [0.15, 0.2) is 64.7 Å². The lowest BCUT2D eigenvalue weighted by Gasteiger charge is -2.29. The quantitative estimate of drug-likeness (QED) is 0.441. The lowest BCUT2D eigenvalue weighted by molar-refractivity contribution is 0.0730. The number of imidazole rings is 1. The maximum atomic E-state index is 13.6. The molecule has 186 valence electrons. The van der Waals surface area contributed by atoms with Crippen LogP contribution in [0.2, 0.25) is 0 Å². The van der Waals surface area contributed by atoms with Crippen LogP contribution in [0.4, 0.5) is 5.95 Å². The van der Waals surface area contributed by atoms with Gasteiger partial charge in [-0.2, -0.15) is 0 Å². The molecular formula is C25H26N6O4S. The topological polar surface area (TPSA) is 119 Å². The average Bonchev–Trinajstić information content (AvgIpc) is 3.30. The van der Waals surface area contributed by atoms with Crippen LogP contribution in [0.1, 0.15) is 35.5 Å². The molecule has 0 unspecified atom stereocenters.